The molecule has 1 N–H and O–H groups in total. The maximum atomic E-state index is 13.3. The average molecular weight is 412 g/mol. The Bertz CT molecular complexity index is 1200. The molecule has 0 aliphatic rings. The third kappa shape index (κ3) is 5.13. The molecule has 1 atom stereocenters. The van der Waals surface area contributed by atoms with Crippen LogP contribution >= 0.6 is 0 Å². The van der Waals surface area contributed by atoms with Crippen molar-refractivity contribution in [3.8, 4) is 11.8 Å². The quantitative estimate of drug-likeness (QED) is 0.388. The zero-order valence-corrected chi connectivity index (χ0v) is 17.9. The van der Waals surface area contributed by atoms with Gasteiger partial charge in [0.25, 0.3) is 0 Å². The Morgan fingerprint density at radius 3 is 2.55 bits per heavy atom. The summed E-state index contributed by atoms with van der Waals surface area (Å²) in [6, 6.07) is 22.3. The van der Waals surface area contributed by atoms with Crippen molar-refractivity contribution >= 4 is 16.7 Å². The molecule has 2 aromatic carbocycles. The van der Waals surface area contributed by atoms with Crippen LogP contribution < -0.4 is 4.90 Å². The van der Waals surface area contributed by atoms with Crippen molar-refractivity contribution < 1.29 is 4.39 Å². The molecule has 0 saturated carbocycles. The van der Waals surface area contributed by atoms with Gasteiger partial charge in [0.05, 0.1) is 11.9 Å². The first-order chi connectivity index (χ1) is 15.1. The molecule has 0 saturated heterocycles. The largest absolute Gasteiger partial charge is 0.375 e. The smallest absolute Gasteiger partial charge is 0.142 e. The molecule has 1 unspecified atom stereocenters. The summed E-state index contributed by atoms with van der Waals surface area (Å²) in [6.45, 7) is 3.25. The Morgan fingerprint density at radius 2 is 1.81 bits per heavy atom. The summed E-state index contributed by atoms with van der Waals surface area (Å²) in [6.07, 6.45) is 3.46. The molecule has 0 spiro atoms. The van der Waals surface area contributed by atoms with Crippen LogP contribution in [0.2, 0.25) is 0 Å². The van der Waals surface area contributed by atoms with Crippen molar-refractivity contribution in [1.82, 2.24) is 9.97 Å². The molecule has 31 heavy (non-hydrogen) atoms. The van der Waals surface area contributed by atoms with Gasteiger partial charge in [-0.25, -0.2) is 9.37 Å². The zero-order valence-electron chi connectivity index (χ0n) is 17.9. The Kier molecular flexibility index (Phi) is 6.33. The second-order valence-corrected chi connectivity index (χ2v) is 7.80. The van der Waals surface area contributed by atoms with Crippen LogP contribution in [-0.2, 0) is 0 Å². The predicted octanol–water partition coefficient (Wildman–Crippen LogP) is 6.12. The fraction of sp³-hybridized carbons (Fsp3) is 0.222. The van der Waals surface area contributed by atoms with Gasteiger partial charge in [0, 0.05) is 30.2 Å². The van der Waals surface area contributed by atoms with Gasteiger partial charge >= 0.3 is 0 Å². The normalized spacial score (nSPS) is 11.7. The van der Waals surface area contributed by atoms with Crippen molar-refractivity contribution in [1.29, 1.82) is 0 Å². The van der Waals surface area contributed by atoms with Gasteiger partial charge in [-0.1, -0.05) is 43.2 Å². The van der Waals surface area contributed by atoms with Crippen LogP contribution in [0.15, 0.2) is 72.9 Å². The molecule has 0 fully saturated rings. The van der Waals surface area contributed by atoms with Crippen molar-refractivity contribution in [2.45, 2.75) is 25.7 Å². The first kappa shape index (κ1) is 20.7. The second kappa shape index (κ2) is 9.49. The van der Waals surface area contributed by atoms with E-state index in [1.54, 1.807) is 0 Å². The van der Waals surface area contributed by atoms with Gasteiger partial charge in [-0.15, -0.1) is 0 Å². The monoisotopic (exact) mass is 411 g/mol. The standard InChI is InChI=1S/C27H26FN3/c1-3-21(22-7-5-4-6-8-22)15-16-31(2)26-13-10-20(11-14-26)9-12-25-18-23-17-24(28)19-29-27(23)30-25/h4-8,10-11,13-14,17-19,21H,3,15-16H2,1-2H3,(H,29,30). The number of aromatic amines is 1. The fourth-order valence-electron chi connectivity index (χ4n) is 3.80. The van der Waals surface area contributed by atoms with Gasteiger partial charge in [-0.2, -0.15) is 0 Å². The van der Waals surface area contributed by atoms with Crippen LogP contribution in [0.25, 0.3) is 11.0 Å². The molecule has 156 valence electrons. The van der Waals surface area contributed by atoms with Gasteiger partial charge < -0.3 is 9.88 Å². The van der Waals surface area contributed by atoms with E-state index in [1.807, 2.05) is 18.2 Å². The number of halogens is 1. The van der Waals surface area contributed by atoms with E-state index >= 15 is 0 Å². The van der Waals surface area contributed by atoms with Crippen molar-refractivity contribution in [3.63, 3.8) is 0 Å². The molecule has 4 heteroatoms. The van der Waals surface area contributed by atoms with Crippen LogP contribution in [0.4, 0.5) is 10.1 Å². The average Bonchev–Trinajstić information content (AvgIpc) is 3.21. The number of hydrogen-bond donors (Lipinski definition) is 1. The Balaban J connectivity index is 1.39. The van der Waals surface area contributed by atoms with Crippen LogP contribution in [0.1, 0.15) is 42.5 Å². The molecule has 4 rings (SSSR count). The van der Waals surface area contributed by atoms with Crippen LogP contribution in [-0.4, -0.2) is 23.6 Å². The van der Waals surface area contributed by atoms with Gasteiger partial charge in [-0.3, -0.25) is 0 Å². The third-order valence-electron chi connectivity index (χ3n) is 5.66. The summed E-state index contributed by atoms with van der Waals surface area (Å²) >= 11 is 0. The van der Waals surface area contributed by atoms with E-state index < -0.39 is 0 Å². The molecule has 2 aromatic heterocycles. The highest BCUT2D eigenvalue weighted by atomic mass is 19.1. The minimum absolute atomic E-state index is 0.347. The molecular weight excluding hydrogens is 385 g/mol. The van der Waals surface area contributed by atoms with Gasteiger partial charge in [-0.05, 0) is 66.6 Å². The summed E-state index contributed by atoms with van der Waals surface area (Å²) in [4.78, 5) is 9.44. The fourth-order valence-corrected chi connectivity index (χ4v) is 3.80. The summed E-state index contributed by atoms with van der Waals surface area (Å²) < 4.78 is 13.3. The lowest BCUT2D eigenvalue weighted by Crippen LogP contribution is -2.20. The Morgan fingerprint density at radius 1 is 1.03 bits per heavy atom. The van der Waals surface area contributed by atoms with E-state index in [9.17, 15) is 4.39 Å². The van der Waals surface area contributed by atoms with Crippen molar-refractivity contribution in [3.05, 3.63) is 95.6 Å². The van der Waals surface area contributed by atoms with Crippen molar-refractivity contribution in [2.24, 2.45) is 0 Å². The maximum absolute atomic E-state index is 13.3. The number of nitrogens with zero attached hydrogens (tertiary/aromatic N) is 2. The minimum atomic E-state index is -0.347. The summed E-state index contributed by atoms with van der Waals surface area (Å²) in [5.74, 6) is 6.49. The number of aromatic nitrogens is 2. The SMILES string of the molecule is CCC(CCN(C)c1ccc(C#Cc2cc3cc(F)cnc3[nH]2)cc1)c1ccccc1. The molecule has 3 nitrogen and oxygen atoms in total. The number of pyridine rings is 1. The van der Waals surface area contributed by atoms with Crippen LogP contribution in [0.5, 0.6) is 0 Å². The lowest BCUT2D eigenvalue weighted by molar-refractivity contribution is 0.603. The van der Waals surface area contributed by atoms with Crippen LogP contribution in [0, 0.1) is 17.7 Å². The molecule has 0 aliphatic carbocycles. The lowest BCUT2D eigenvalue weighted by atomic mass is 9.93. The highest BCUT2D eigenvalue weighted by Gasteiger charge is 2.10. The maximum Gasteiger partial charge on any atom is 0.142 e. The van der Waals surface area contributed by atoms with Crippen molar-refractivity contribution in [2.75, 3.05) is 18.5 Å². The lowest BCUT2D eigenvalue weighted by Gasteiger charge is -2.23. The number of benzene rings is 2. The number of hydrogen-bond acceptors (Lipinski definition) is 2. The van der Waals surface area contributed by atoms with E-state index in [2.05, 4.69) is 83.1 Å². The third-order valence-corrected chi connectivity index (χ3v) is 5.66. The van der Waals surface area contributed by atoms with E-state index in [4.69, 9.17) is 0 Å². The van der Waals surface area contributed by atoms with Gasteiger partial charge in [0.2, 0.25) is 0 Å². The molecular formula is C27H26FN3. The number of fused-ring (bicyclic) bond motifs is 1. The van der Waals surface area contributed by atoms with Gasteiger partial charge in [0.1, 0.15) is 11.5 Å². The summed E-state index contributed by atoms with van der Waals surface area (Å²) in [7, 11) is 2.13. The number of H-pyrrole nitrogens is 1. The molecule has 0 amide bonds. The first-order valence-corrected chi connectivity index (χ1v) is 10.6. The van der Waals surface area contributed by atoms with E-state index in [1.165, 1.54) is 23.5 Å². The highest BCUT2D eigenvalue weighted by Crippen LogP contribution is 2.24. The molecule has 0 aliphatic heterocycles. The van der Waals surface area contributed by atoms with Crippen LogP contribution in [0.3, 0.4) is 0 Å². The van der Waals surface area contributed by atoms with Gasteiger partial charge in [0.15, 0.2) is 0 Å². The minimum Gasteiger partial charge on any atom is -0.375 e. The second-order valence-electron chi connectivity index (χ2n) is 7.80. The molecule has 4 aromatic rings. The topological polar surface area (TPSA) is 31.9 Å². The number of nitrogens with one attached hydrogen (secondary N) is 1. The predicted molar refractivity (Wildman–Crippen MR) is 126 cm³/mol. The van der Waals surface area contributed by atoms with E-state index in [-0.39, 0.29) is 5.82 Å². The summed E-state index contributed by atoms with van der Waals surface area (Å²) in [5.41, 5.74) is 4.90. The number of anilines is 1. The molecule has 0 radical (unpaired) electrons. The summed E-state index contributed by atoms with van der Waals surface area (Å²) in [5, 5.41) is 0.724. The van der Waals surface area contributed by atoms with E-state index in [0.29, 0.717) is 11.6 Å². The highest BCUT2D eigenvalue weighted by molar-refractivity contribution is 5.77. The first-order valence-electron chi connectivity index (χ1n) is 10.6. The Hall–Kier alpha value is -3.58. The Labute approximate surface area is 183 Å². The zero-order chi connectivity index (χ0) is 21.6. The van der Waals surface area contributed by atoms with E-state index in [0.717, 1.165) is 36.0 Å². The molecule has 2 heterocycles. The molecule has 0 bridgehead atoms. The number of rotatable bonds is 6.